The van der Waals surface area contributed by atoms with E-state index in [9.17, 15) is 4.39 Å². The lowest BCUT2D eigenvalue weighted by atomic mass is 10.2. The van der Waals surface area contributed by atoms with Crippen molar-refractivity contribution in [3.63, 3.8) is 0 Å². The standard InChI is InChI=1S/C13H19ClFN3/c1-17(6-7-18-4-2-3-5-18)13-11(9-14)8-12(15)10-16-13/h8,10H,2-7,9H2,1H3. The molecule has 1 aromatic rings. The molecule has 1 saturated heterocycles. The van der Waals surface area contributed by atoms with Crippen molar-refractivity contribution in [2.75, 3.05) is 38.1 Å². The lowest BCUT2D eigenvalue weighted by Gasteiger charge is -2.23. The van der Waals surface area contributed by atoms with Gasteiger partial charge in [-0.1, -0.05) is 0 Å². The van der Waals surface area contributed by atoms with Crippen LogP contribution in [0.5, 0.6) is 0 Å². The van der Waals surface area contributed by atoms with Crippen LogP contribution in [0.3, 0.4) is 0 Å². The maximum absolute atomic E-state index is 13.1. The zero-order chi connectivity index (χ0) is 13.0. The van der Waals surface area contributed by atoms with Crippen LogP contribution in [0.1, 0.15) is 18.4 Å². The first-order valence-electron chi connectivity index (χ1n) is 6.34. The van der Waals surface area contributed by atoms with Gasteiger partial charge in [0.15, 0.2) is 0 Å². The highest BCUT2D eigenvalue weighted by molar-refractivity contribution is 6.17. The Kier molecular flexibility index (Phi) is 4.78. The number of nitrogens with zero attached hydrogens (tertiary/aromatic N) is 3. The van der Waals surface area contributed by atoms with E-state index >= 15 is 0 Å². The van der Waals surface area contributed by atoms with E-state index < -0.39 is 0 Å². The fraction of sp³-hybridized carbons (Fsp3) is 0.615. The summed E-state index contributed by atoms with van der Waals surface area (Å²) in [5.41, 5.74) is 0.751. The number of likely N-dealkylation sites (tertiary alicyclic amines) is 1. The monoisotopic (exact) mass is 271 g/mol. The summed E-state index contributed by atoms with van der Waals surface area (Å²) < 4.78 is 13.1. The average molecular weight is 272 g/mol. The molecule has 2 rings (SSSR count). The van der Waals surface area contributed by atoms with Gasteiger partial charge in [-0.15, -0.1) is 11.6 Å². The Morgan fingerprint density at radius 2 is 2.17 bits per heavy atom. The minimum atomic E-state index is -0.331. The number of rotatable bonds is 5. The van der Waals surface area contributed by atoms with Crippen LogP contribution in [-0.4, -0.2) is 43.1 Å². The van der Waals surface area contributed by atoms with E-state index in [1.54, 1.807) is 0 Å². The molecule has 100 valence electrons. The fourth-order valence-corrected chi connectivity index (χ4v) is 2.52. The van der Waals surface area contributed by atoms with Crippen LogP contribution in [0.15, 0.2) is 12.3 Å². The largest absolute Gasteiger partial charge is 0.358 e. The van der Waals surface area contributed by atoms with Crippen LogP contribution in [0, 0.1) is 5.82 Å². The van der Waals surface area contributed by atoms with E-state index in [-0.39, 0.29) is 11.7 Å². The number of halogens is 2. The van der Waals surface area contributed by atoms with Gasteiger partial charge in [0.05, 0.1) is 12.1 Å². The van der Waals surface area contributed by atoms with Crippen molar-refractivity contribution in [2.24, 2.45) is 0 Å². The van der Waals surface area contributed by atoms with Crippen molar-refractivity contribution in [1.29, 1.82) is 0 Å². The Morgan fingerprint density at radius 1 is 1.44 bits per heavy atom. The van der Waals surface area contributed by atoms with E-state index in [1.165, 1.54) is 38.2 Å². The smallest absolute Gasteiger partial charge is 0.141 e. The van der Waals surface area contributed by atoms with E-state index in [2.05, 4.69) is 14.8 Å². The van der Waals surface area contributed by atoms with Gasteiger partial charge in [0.25, 0.3) is 0 Å². The molecule has 0 amide bonds. The molecule has 0 radical (unpaired) electrons. The first kappa shape index (κ1) is 13.6. The molecule has 2 heterocycles. The Hall–Kier alpha value is -0.870. The molecule has 0 atom stereocenters. The second kappa shape index (κ2) is 6.34. The topological polar surface area (TPSA) is 19.4 Å². The molecule has 1 aliphatic rings. The Bertz CT molecular complexity index is 394. The van der Waals surface area contributed by atoms with Gasteiger partial charge in [0.1, 0.15) is 11.6 Å². The molecular formula is C13H19ClFN3. The van der Waals surface area contributed by atoms with Crippen molar-refractivity contribution in [2.45, 2.75) is 18.7 Å². The molecule has 0 unspecified atom stereocenters. The van der Waals surface area contributed by atoms with Gasteiger partial charge in [-0.05, 0) is 32.0 Å². The molecule has 0 spiro atoms. The number of pyridine rings is 1. The lowest BCUT2D eigenvalue weighted by molar-refractivity contribution is 0.346. The minimum Gasteiger partial charge on any atom is -0.358 e. The highest BCUT2D eigenvalue weighted by Gasteiger charge is 2.14. The van der Waals surface area contributed by atoms with Crippen LogP contribution < -0.4 is 4.90 Å². The van der Waals surface area contributed by atoms with Gasteiger partial charge < -0.3 is 9.80 Å². The molecule has 1 aromatic heterocycles. The van der Waals surface area contributed by atoms with Crippen molar-refractivity contribution < 1.29 is 4.39 Å². The average Bonchev–Trinajstić information content (AvgIpc) is 2.88. The second-order valence-corrected chi connectivity index (χ2v) is 5.01. The summed E-state index contributed by atoms with van der Waals surface area (Å²) in [7, 11) is 1.98. The lowest BCUT2D eigenvalue weighted by Crippen LogP contribution is -2.32. The van der Waals surface area contributed by atoms with Crippen molar-refractivity contribution >= 4 is 17.4 Å². The summed E-state index contributed by atoms with van der Waals surface area (Å²) in [6.45, 7) is 4.29. The summed E-state index contributed by atoms with van der Waals surface area (Å²) in [6, 6.07) is 1.46. The number of likely N-dealkylation sites (N-methyl/N-ethyl adjacent to an activating group) is 1. The van der Waals surface area contributed by atoms with Gasteiger partial charge in [0.2, 0.25) is 0 Å². The molecule has 0 aliphatic carbocycles. The maximum atomic E-state index is 13.1. The molecule has 3 nitrogen and oxygen atoms in total. The Balaban J connectivity index is 1.96. The number of anilines is 1. The molecule has 1 fully saturated rings. The number of alkyl halides is 1. The molecule has 1 aliphatic heterocycles. The van der Waals surface area contributed by atoms with Crippen molar-refractivity contribution in [1.82, 2.24) is 9.88 Å². The minimum absolute atomic E-state index is 0.286. The zero-order valence-electron chi connectivity index (χ0n) is 10.7. The summed E-state index contributed by atoms with van der Waals surface area (Å²) in [5, 5.41) is 0. The van der Waals surface area contributed by atoms with Gasteiger partial charge in [0, 0.05) is 25.7 Å². The Morgan fingerprint density at radius 3 is 2.83 bits per heavy atom. The second-order valence-electron chi connectivity index (χ2n) is 4.74. The first-order valence-corrected chi connectivity index (χ1v) is 6.88. The zero-order valence-corrected chi connectivity index (χ0v) is 11.5. The molecule has 5 heteroatoms. The van der Waals surface area contributed by atoms with Gasteiger partial charge in [-0.25, -0.2) is 9.37 Å². The van der Waals surface area contributed by atoms with Crippen LogP contribution in [0.25, 0.3) is 0 Å². The summed E-state index contributed by atoms with van der Waals surface area (Å²) in [5.74, 6) is 0.738. The molecule has 0 aromatic carbocycles. The van der Waals surface area contributed by atoms with Crippen molar-refractivity contribution in [3.8, 4) is 0 Å². The van der Waals surface area contributed by atoms with Crippen molar-refractivity contribution in [3.05, 3.63) is 23.6 Å². The van der Waals surface area contributed by atoms with Crippen LogP contribution in [-0.2, 0) is 5.88 Å². The van der Waals surface area contributed by atoms with E-state index in [1.807, 2.05) is 7.05 Å². The van der Waals surface area contributed by atoms with E-state index in [4.69, 9.17) is 11.6 Å². The van der Waals surface area contributed by atoms with Gasteiger partial charge >= 0.3 is 0 Å². The van der Waals surface area contributed by atoms with E-state index in [0.29, 0.717) is 0 Å². The third kappa shape index (κ3) is 3.33. The van der Waals surface area contributed by atoms with Gasteiger partial charge in [-0.3, -0.25) is 0 Å². The molecule has 0 N–H and O–H groups in total. The number of hydrogen-bond acceptors (Lipinski definition) is 3. The third-order valence-corrected chi connectivity index (χ3v) is 3.65. The predicted molar refractivity (Wildman–Crippen MR) is 72.7 cm³/mol. The quantitative estimate of drug-likeness (QED) is 0.767. The third-order valence-electron chi connectivity index (χ3n) is 3.37. The molecular weight excluding hydrogens is 253 g/mol. The predicted octanol–water partition coefficient (Wildman–Crippen LogP) is 2.49. The number of hydrogen-bond donors (Lipinski definition) is 0. The fourth-order valence-electron chi connectivity index (χ4n) is 2.32. The van der Waals surface area contributed by atoms with Gasteiger partial charge in [-0.2, -0.15) is 0 Å². The first-order chi connectivity index (χ1) is 8.70. The highest BCUT2D eigenvalue weighted by Crippen LogP contribution is 2.19. The summed E-state index contributed by atoms with van der Waals surface area (Å²) in [6.07, 6.45) is 3.84. The SMILES string of the molecule is CN(CCN1CCCC1)c1ncc(F)cc1CCl. The Labute approximate surface area is 113 Å². The highest BCUT2D eigenvalue weighted by atomic mass is 35.5. The maximum Gasteiger partial charge on any atom is 0.141 e. The van der Waals surface area contributed by atoms with Crippen LogP contribution in [0.4, 0.5) is 10.2 Å². The van der Waals surface area contributed by atoms with Crippen LogP contribution in [0.2, 0.25) is 0 Å². The summed E-state index contributed by atoms with van der Waals surface area (Å²) in [4.78, 5) is 8.64. The molecule has 0 saturated carbocycles. The number of aromatic nitrogens is 1. The van der Waals surface area contributed by atoms with Crippen LogP contribution >= 0.6 is 11.6 Å². The molecule has 18 heavy (non-hydrogen) atoms. The molecule has 0 bridgehead atoms. The normalized spacial score (nSPS) is 16.2. The summed E-state index contributed by atoms with van der Waals surface area (Å²) >= 11 is 5.83. The van der Waals surface area contributed by atoms with E-state index in [0.717, 1.165) is 24.5 Å².